The number of nitrogens with zero attached hydrogens (tertiary/aromatic N) is 1. The lowest BCUT2D eigenvalue weighted by Gasteiger charge is -2.11. The molecule has 1 fully saturated rings. The third kappa shape index (κ3) is 4.07. The number of aromatic nitrogens is 1. The normalized spacial score (nSPS) is 13.9. The molecule has 1 saturated carbocycles. The van der Waals surface area contributed by atoms with Crippen LogP contribution in [0.15, 0.2) is 59.6 Å². The number of amides is 2. The Balaban J connectivity index is 1.52. The van der Waals surface area contributed by atoms with Crippen LogP contribution in [-0.4, -0.2) is 25.5 Å². The van der Waals surface area contributed by atoms with Crippen molar-refractivity contribution in [3.05, 3.63) is 60.3 Å². The lowest BCUT2D eigenvalue weighted by molar-refractivity contribution is 0.251. The zero-order valence-electron chi connectivity index (χ0n) is 15.3. The molecule has 0 radical (unpaired) electrons. The highest BCUT2D eigenvalue weighted by atomic mass is 32.2. The first-order valence-electron chi connectivity index (χ1n) is 8.96. The van der Waals surface area contributed by atoms with E-state index < -0.39 is 10.0 Å². The van der Waals surface area contributed by atoms with E-state index in [-0.39, 0.29) is 17.0 Å². The van der Waals surface area contributed by atoms with Gasteiger partial charge in [0.1, 0.15) is 4.90 Å². The van der Waals surface area contributed by atoms with Gasteiger partial charge in [0.25, 0.3) is 10.0 Å². The van der Waals surface area contributed by atoms with Crippen molar-refractivity contribution in [2.75, 3.05) is 10.0 Å². The lowest BCUT2D eigenvalue weighted by Crippen LogP contribution is -2.30. The first-order chi connectivity index (χ1) is 13.4. The highest BCUT2D eigenvalue weighted by molar-refractivity contribution is 7.93. The second-order valence-corrected chi connectivity index (χ2v) is 8.55. The fourth-order valence-corrected chi connectivity index (χ4v) is 4.11. The van der Waals surface area contributed by atoms with E-state index in [1.807, 2.05) is 19.1 Å². The van der Waals surface area contributed by atoms with E-state index >= 15 is 0 Å². The SMILES string of the molecule is Cc1cnc2c(S(=O)(=O)Nc3ccc(NC(=O)NC4CC4)cc3)cccc2c1. The molecule has 0 atom stereocenters. The van der Waals surface area contributed by atoms with Gasteiger partial charge in [0.15, 0.2) is 0 Å². The molecule has 0 spiro atoms. The minimum Gasteiger partial charge on any atom is -0.335 e. The molecule has 0 aliphatic heterocycles. The van der Waals surface area contributed by atoms with Gasteiger partial charge in [-0.25, -0.2) is 13.2 Å². The quantitative estimate of drug-likeness (QED) is 0.613. The number of hydrogen-bond acceptors (Lipinski definition) is 4. The van der Waals surface area contributed by atoms with Gasteiger partial charge in [0.2, 0.25) is 0 Å². The molecule has 0 bridgehead atoms. The van der Waals surface area contributed by atoms with E-state index in [1.54, 1.807) is 36.5 Å². The van der Waals surface area contributed by atoms with E-state index in [1.165, 1.54) is 6.07 Å². The van der Waals surface area contributed by atoms with Gasteiger partial charge in [-0.15, -0.1) is 0 Å². The van der Waals surface area contributed by atoms with E-state index in [4.69, 9.17) is 0 Å². The minimum atomic E-state index is -3.81. The van der Waals surface area contributed by atoms with Crippen LogP contribution in [0.5, 0.6) is 0 Å². The molecule has 1 aliphatic carbocycles. The Morgan fingerprint density at radius 3 is 2.50 bits per heavy atom. The van der Waals surface area contributed by atoms with E-state index in [0.29, 0.717) is 16.9 Å². The van der Waals surface area contributed by atoms with Crippen LogP contribution in [0.4, 0.5) is 16.2 Å². The standard InChI is InChI=1S/C20H20N4O3S/c1-13-11-14-3-2-4-18(19(14)21-12-13)28(26,27)24-17-9-7-16(8-10-17)23-20(25)22-15-5-6-15/h2-4,7-12,15,24H,5-6H2,1H3,(H2,22,23,25). The number of fused-ring (bicyclic) bond motifs is 1. The number of carbonyl (C=O) groups excluding carboxylic acids is 1. The van der Waals surface area contributed by atoms with Crippen LogP contribution in [0.3, 0.4) is 0 Å². The van der Waals surface area contributed by atoms with Crippen molar-refractivity contribution >= 4 is 38.3 Å². The molecule has 1 aliphatic rings. The number of aryl methyl sites for hydroxylation is 1. The summed E-state index contributed by atoms with van der Waals surface area (Å²) in [5.41, 5.74) is 2.38. The van der Waals surface area contributed by atoms with Crippen LogP contribution in [-0.2, 0) is 10.0 Å². The zero-order chi connectivity index (χ0) is 19.7. The maximum Gasteiger partial charge on any atom is 0.319 e. The van der Waals surface area contributed by atoms with Gasteiger partial charge >= 0.3 is 6.03 Å². The van der Waals surface area contributed by atoms with Gasteiger partial charge in [0, 0.05) is 29.0 Å². The van der Waals surface area contributed by atoms with Crippen molar-refractivity contribution in [2.45, 2.75) is 30.7 Å². The first-order valence-corrected chi connectivity index (χ1v) is 10.4. The van der Waals surface area contributed by atoms with E-state index in [0.717, 1.165) is 23.8 Å². The summed E-state index contributed by atoms with van der Waals surface area (Å²) in [6.07, 6.45) is 3.67. The molecule has 4 rings (SSSR count). The number of hydrogen-bond donors (Lipinski definition) is 3. The van der Waals surface area contributed by atoms with Crippen LogP contribution < -0.4 is 15.4 Å². The summed E-state index contributed by atoms with van der Waals surface area (Å²) in [5.74, 6) is 0. The van der Waals surface area contributed by atoms with Gasteiger partial charge in [-0.2, -0.15) is 0 Å². The van der Waals surface area contributed by atoms with E-state index in [9.17, 15) is 13.2 Å². The molecule has 3 N–H and O–H groups in total. The summed E-state index contributed by atoms with van der Waals surface area (Å²) in [4.78, 5) is 16.2. The number of nitrogens with one attached hydrogen (secondary N) is 3. The average molecular weight is 396 g/mol. The van der Waals surface area contributed by atoms with Gasteiger partial charge in [-0.3, -0.25) is 9.71 Å². The average Bonchev–Trinajstić information content (AvgIpc) is 3.46. The van der Waals surface area contributed by atoms with Crippen LogP contribution >= 0.6 is 0 Å². The molecule has 7 nitrogen and oxygen atoms in total. The van der Waals surface area contributed by atoms with Gasteiger partial charge < -0.3 is 10.6 Å². The number of rotatable bonds is 5. The van der Waals surface area contributed by atoms with Crippen molar-refractivity contribution in [1.29, 1.82) is 0 Å². The maximum atomic E-state index is 12.9. The second kappa shape index (κ2) is 7.12. The van der Waals surface area contributed by atoms with Crippen LogP contribution in [0.25, 0.3) is 10.9 Å². The summed E-state index contributed by atoms with van der Waals surface area (Å²) in [7, 11) is -3.81. The zero-order valence-corrected chi connectivity index (χ0v) is 16.1. The van der Waals surface area contributed by atoms with Crippen molar-refractivity contribution in [3.63, 3.8) is 0 Å². The Morgan fingerprint density at radius 2 is 1.79 bits per heavy atom. The highest BCUT2D eigenvalue weighted by Gasteiger charge is 2.23. The number of urea groups is 1. The van der Waals surface area contributed by atoms with Crippen LogP contribution in [0.2, 0.25) is 0 Å². The van der Waals surface area contributed by atoms with Gasteiger partial charge in [-0.1, -0.05) is 12.1 Å². The van der Waals surface area contributed by atoms with Crippen LogP contribution in [0, 0.1) is 6.92 Å². The Labute approximate surface area is 163 Å². The van der Waals surface area contributed by atoms with Gasteiger partial charge in [0.05, 0.1) is 5.52 Å². The first kappa shape index (κ1) is 18.2. The topological polar surface area (TPSA) is 100 Å². The van der Waals surface area contributed by atoms with E-state index in [2.05, 4.69) is 20.3 Å². The fraction of sp³-hybridized carbons (Fsp3) is 0.200. The van der Waals surface area contributed by atoms with Crippen molar-refractivity contribution < 1.29 is 13.2 Å². The summed E-state index contributed by atoms with van der Waals surface area (Å²) >= 11 is 0. The summed E-state index contributed by atoms with van der Waals surface area (Å²) in [5, 5.41) is 6.32. The molecular formula is C20H20N4O3S. The summed E-state index contributed by atoms with van der Waals surface area (Å²) < 4.78 is 28.3. The Bertz CT molecular complexity index is 1140. The minimum absolute atomic E-state index is 0.121. The number of benzene rings is 2. The highest BCUT2D eigenvalue weighted by Crippen LogP contribution is 2.25. The Hall–Kier alpha value is -3.13. The van der Waals surface area contributed by atoms with Crippen LogP contribution in [0.1, 0.15) is 18.4 Å². The predicted octanol–water partition coefficient (Wildman–Crippen LogP) is 3.63. The molecule has 144 valence electrons. The van der Waals surface area contributed by atoms with Crippen molar-refractivity contribution in [1.82, 2.24) is 10.3 Å². The third-order valence-electron chi connectivity index (χ3n) is 4.41. The Kier molecular flexibility index (Phi) is 4.64. The largest absolute Gasteiger partial charge is 0.335 e. The third-order valence-corrected chi connectivity index (χ3v) is 5.82. The molecule has 0 unspecified atom stereocenters. The Morgan fingerprint density at radius 1 is 1.07 bits per heavy atom. The number of anilines is 2. The molecule has 2 aromatic carbocycles. The summed E-state index contributed by atoms with van der Waals surface area (Å²) in [6, 6.07) is 13.5. The predicted molar refractivity (Wildman–Crippen MR) is 109 cm³/mol. The maximum absolute atomic E-state index is 12.9. The second-order valence-electron chi connectivity index (χ2n) is 6.90. The molecule has 2 amide bonds. The number of para-hydroxylation sites is 1. The summed E-state index contributed by atoms with van der Waals surface area (Å²) in [6.45, 7) is 1.91. The fourth-order valence-electron chi connectivity index (χ4n) is 2.87. The molecule has 0 saturated heterocycles. The number of sulfonamides is 1. The smallest absolute Gasteiger partial charge is 0.319 e. The van der Waals surface area contributed by atoms with Crippen molar-refractivity contribution in [3.8, 4) is 0 Å². The molecule has 1 heterocycles. The molecule has 3 aromatic rings. The molecule has 1 aromatic heterocycles. The molecule has 8 heteroatoms. The number of pyridine rings is 1. The molecule has 28 heavy (non-hydrogen) atoms. The van der Waals surface area contributed by atoms with Gasteiger partial charge in [-0.05, 0) is 61.7 Å². The monoisotopic (exact) mass is 396 g/mol. The molecular weight excluding hydrogens is 376 g/mol. The van der Waals surface area contributed by atoms with Crippen molar-refractivity contribution in [2.24, 2.45) is 0 Å². The number of carbonyl (C=O) groups is 1. The lowest BCUT2D eigenvalue weighted by atomic mass is 10.2.